The van der Waals surface area contributed by atoms with Crippen LogP contribution in [0, 0.1) is 15.9 Å². The molecule has 26 heavy (non-hydrogen) atoms. The van der Waals surface area contributed by atoms with Gasteiger partial charge in [-0.25, -0.2) is 8.91 Å². The van der Waals surface area contributed by atoms with E-state index in [-0.39, 0.29) is 11.4 Å². The van der Waals surface area contributed by atoms with Crippen LogP contribution in [0.5, 0.6) is 11.5 Å². The van der Waals surface area contributed by atoms with Crippen LogP contribution >= 0.6 is 0 Å². The van der Waals surface area contributed by atoms with E-state index in [0.717, 1.165) is 17.2 Å². The van der Waals surface area contributed by atoms with Crippen LogP contribution in [-0.2, 0) is 7.05 Å². The van der Waals surface area contributed by atoms with Gasteiger partial charge in [-0.15, -0.1) is 0 Å². The van der Waals surface area contributed by atoms with Gasteiger partial charge in [0.05, 0.1) is 23.4 Å². The van der Waals surface area contributed by atoms with Crippen molar-refractivity contribution in [2.45, 2.75) is 0 Å². The summed E-state index contributed by atoms with van der Waals surface area (Å²) in [5.41, 5.74) is 1.93. The van der Waals surface area contributed by atoms with Crippen LogP contribution in [0.15, 0.2) is 55.1 Å². The number of benzene rings is 1. The van der Waals surface area contributed by atoms with Crippen molar-refractivity contribution in [3.05, 3.63) is 71.1 Å². The SMILES string of the molecule is Cn1cc(-c2cc(Oc3ccc([N+](=O)[O-])cc3F)c3ccnn3c2)cn1. The molecule has 1 aromatic carbocycles. The van der Waals surface area contributed by atoms with Crippen LogP contribution < -0.4 is 4.74 Å². The predicted molar refractivity (Wildman–Crippen MR) is 90.5 cm³/mol. The highest BCUT2D eigenvalue weighted by Gasteiger charge is 2.15. The number of nitro groups is 1. The van der Waals surface area contributed by atoms with Gasteiger partial charge in [0.25, 0.3) is 5.69 Å². The van der Waals surface area contributed by atoms with Crippen molar-refractivity contribution in [1.82, 2.24) is 19.4 Å². The maximum absolute atomic E-state index is 14.2. The zero-order valence-electron chi connectivity index (χ0n) is 13.5. The van der Waals surface area contributed by atoms with E-state index < -0.39 is 10.7 Å². The molecule has 0 N–H and O–H groups in total. The van der Waals surface area contributed by atoms with Gasteiger partial charge in [0.1, 0.15) is 5.52 Å². The van der Waals surface area contributed by atoms with Gasteiger partial charge >= 0.3 is 0 Å². The van der Waals surface area contributed by atoms with E-state index >= 15 is 0 Å². The van der Waals surface area contributed by atoms with Crippen molar-refractivity contribution in [3.8, 4) is 22.6 Å². The minimum atomic E-state index is -0.816. The molecule has 0 atom stereocenters. The Hall–Kier alpha value is -3.75. The van der Waals surface area contributed by atoms with Crippen LogP contribution in [0.2, 0.25) is 0 Å². The topological polar surface area (TPSA) is 87.5 Å². The molecule has 0 amide bonds. The smallest absolute Gasteiger partial charge is 0.272 e. The van der Waals surface area contributed by atoms with Crippen molar-refractivity contribution < 1.29 is 14.1 Å². The van der Waals surface area contributed by atoms with Gasteiger partial charge in [0.15, 0.2) is 17.3 Å². The fourth-order valence-electron chi connectivity index (χ4n) is 2.61. The lowest BCUT2D eigenvalue weighted by Crippen LogP contribution is -1.96. The number of pyridine rings is 1. The first kappa shape index (κ1) is 15.8. The average Bonchev–Trinajstić information content (AvgIpc) is 3.25. The monoisotopic (exact) mass is 353 g/mol. The number of nitrogens with zero attached hydrogens (tertiary/aromatic N) is 5. The van der Waals surface area contributed by atoms with Crippen LogP contribution in [0.1, 0.15) is 0 Å². The van der Waals surface area contributed by atoms with E-state index in [4.69, 9.17) is 4.74 Å². The Labute approximate surface area is 146 Å². The highest BCUT2D eigenvalue weighted by atomic mass is 19.1. The van der Waals surface area contributed by atoms with Crippen molar-refractivity contribution >= 4 is 11.2 Å². The highest BCUT2D eigenvalue weighted by Crippen LogP contribution is 2.33. The van der Waals surface area contributed by atoms with E-state index in [1.807, 2.05) is 12.4 Å². The number of rotatable bonds is 4. The first-order valence-electron chi connectivity index (χ1n) is 7.59. The molecule has 0 bridgehead atoms. The molecular formula is C17H12FN5O3. The normalized spacial score (nSPS) is 11.0. The van der Waals surface area contributed by atoms with E-state index in [9.17, 15) is 14.5 Å². The minimum Gasteiger partial charge on any atom is -0.452 e. The third kappa shape index (κ3) is 2.75. The lowest BCUT2D eigenvalue weighted by molar-refractivity contribution is -0.385. The summed E-state index contributed by atoms with van der Waals surface area (Å²) in [6.07, 6.45) is 6.94. The van der Waals surface area contributed by atoms with Crippen molar-refractivity contribution in [2.75, 3.05) is 0 Å². The molecule has 0 aliphatic carbocycles. The molecular weight excluding hydrogens is 341 g/mol. The number of non-ortho nitro benzene ring substituents is 1. The number of hydrogen-bond donors (Lipinski definition) is 0. The summed E-state index contributed by atoms with van der Waals surface area (Å²) < 4.78 is 23.2. The molecule has 130 valence electrons. The summed E-state index contributed by atoms with van der Waals surface area (Å²) >= 11 is 0. The standard InChI is InChI=1S/C17H12FN5O3/c1-21-9-12(8-20-21)11-6-17(15-4-5-19-22(15)10-11)26-16-3-2-13(23(24)25)7-14(16)18/h2-10H,1H3. The first-order valence-corrected chi connectivity index (χ1v) is 7.59. The number of aryl methyl sites for hydroxylation is 1. The molecule has 0 saturated heterocycles. The van der Waals surface area contributed by atoms with Gasteiger partial charge in [-0.1, -0.05) is 0 Å². The Kier molecular flexibility index (Phi) is 3.61. The summed E-state index contributed by atoms with van der Waals surface area (Å²) in [7, 11) is 1.81. The molecule has 3 heterocycles. The third-order valence-corrected chi connectivity index (χ3v) is 3.86. The van der Waals surface area contributed by atoms with E-state index in [1.54, 1.807) is 40.8 Å². The van der Waals surface area contributed by atoms with Crippen LogP contribution in [0.4, 0.5) is 10.1 Å². The van der Waals surface area contributed by atoms with E-state index in [2.05, 4.69) is 10.2 Å². The molecule has 0 aliphatic rings. The summed E-state index contributed by atoms with van der Waals surface area (Å²) in [6.45, 7) is 0. The second-order valence-corrected chi connectivity index (χ2v) is 5.63. The molecule has 3 aromatic heterocycles. The predicted octanol–water partition coefficient (Wildman–Crippen LogP) is 3.57. The second kappa shape index (κ2) is 5.96. The molecule has 4 aromatic rings. The summed E-state index contributed by atoms with van der Waals surface area (Å²) in [4.78, 5) is 10.1. The Morgan fingerprint density at radius 3 is 2.65 bits per heavy atom. The van der Waals surface area contributed by atoms with E-state index in [0.29, 0.717) is 11.3 Å². The quantitative estimate of drug-likeness (QED) is 0.413. The minimum absolute atomic E-state index is 0.109. The number of nitro benzene ring substituents is 1. The maximum Gasteiger partial charge on any atom is 0.272 e. The van der Waals surface area contributed by atoms with E-state index in [1.165, 1.54) is 12.1 Å². The van der Waals surface area contributed by atoms with Gasteiger partial charge in [0.2, 0.25) is 0 Å². The molecule has 0 aliphatic heterocycles. The Bertz CT molecular complexity index is 1130. The largest absolute Gasteiger partial charge is 0.452 e. The molecule has 0 radical (unpaired) electrons. The number of aromatic nitrogens is 4. The lowest BCUT2D eigenvalue weighted by atomic mass is 10.1. The Morgan fingerprint density at radius 2 is 1.96 bits per heavy atom. The zero-order valence-corrected chi connectivity index (χ0v) is 13.5. The van der Waals surface area contributed by atoms with Crippen LogP contribution in [0.25, 0.3) is 16.6 Å². The maximum atomic E-state index is 14.2. The highest BCUT2D eigenvalue weighted by molar-refractivity contribution is 5.70. The fourth-order valence-corrected chi connectivity index (χ4v) is 2.61. The van der Waals surface area contributed by atoms with Crippen LogP contribution in [0.3, 0.4) is 0 Å². The Balaban J connectivity index is 1.78. The number of fused-ring (bicyclic) bond motifs is 1. The van der Waals surface area contributed by atoms with Gasteiger partial charge in [-0.3, -0.25) is 14.8 Å². The van der Waals surface area contributed by atoms with Crippen molar-refractivity contribution in [1.29, 1.82) is 0 Å². The Morgan fingerprint density at radius 1 is 1.12 bits per heavy atom. The number of ether oxygens (including phenoxy) is 1. The number of hydrogen-bond acceptors (Lipinski definition) is 5. The lowest BCUT2D eigenvalue weighted by Gasteiger charge is -2.10. The molecule has 0 fully saturated rings. The fraction of sp³-hybridized carbons (Fsp3) is 0.0588. The van der Waals surface area contributed by atoms with Gasteiger partial charge in [-0.2, -0.15) is 10.2 Å². The second-order valence-electron chi connectivity index (χ2n) is 5.63. The molecule has 0 unspecified atom stereocenters. The summed E-state index contributed by atoms with van der Waals surface area (Å²) in [5.74, 6) is -0.553. The van der Waals surface area contributed by atoms with Crippen molar-refractivity contribution in [2.24, 2.45) is 7.05 Å². The molecule has 8 nitrogen and oxygen atoms in total. The summed E-state index contributed by atoms with van der Waals surface area (Å²) in [5, 5.41) is 19.1. The van der Waals surface area contributed by atoms with Crippen LogP contribution in [-0.4, -0.2) is 24.3 Å². The first-order chi connectivity index (χ1) is 12.5. The van der Waals surface area contributed by atoms with Gasteiger partial charge in [0, 0.05) is 36.6 Å². The average molecular weight is 353 g/mol. The summed E-state index contributed by atoms with van der Waals surface area (Å²) in [6, 6.07) is 6.72. The molecule has 9 heteroatoms. The zero-order chi connectivity index (χ0) is 18.3. The number of halogens is 1. The molecule has 4 rings (SSSR count). The molecule has 0 saturated carbocycles. The molecule has 0 spiro atoms. The van der Waals surface area contributed by atoms with Gasteiger partial charge in [-0.05, 0) is 18.2 Å². The van der Waals surface area contributed by atoms with Crippen molar-refractivity contribution in [3.63, 3.8) is 0 Å². The third-order valence-electron chi connectivity index (χ3n) is 3.86. The van der Waals surface area contributed by atoms with Gasteiger partial charge < -0.3 is 4.74 Å².